The van der Waals surface area contributed by atoms with Crippen molar-refractivity contribution in [3.63, 3.8) is 0 Å². The predicted molar refractivity (Wildman–Crippen MR) is 70.5 cm³/mol. The number of amides is 1. The number of aryl methyl sites for hydroxylation is 1. The van der Waals surface area contributed by atoms with E-state index in [9.17, 15) is 4.79 Å². The van der Waals surface area contributed by atoms with Crippen LogP contribution in [0.15, 0.2) is 6.07 Å². The maximum Gasteiger partial charge on any atom is 0.272 e. The molecule has 0 spiro atoms. The van der Waals surface area contributed by atoms with Crippen molar-refractivity contribution in [3.8, 4) is 0 Å². The molecule has 104 valence electrons. The number of hydrogen-bond acceptors (Lipinski definition) is 6. The Morgan fingerprint density at radius 3 is 2.63 bits per heavy atom. The Morgan fingerprint density at radius 1 is 1.42 bits per heavy atom. The van der Waals surface area contributed by atoms with E-state index in [0.717, 1.165) is 0 Å². The maximum absolute atomic E-state index is 12.4. The van der Waals surface area contributed by atoms with Crippen LogP contribution in [0.4, 0.5) is 5.95 Å². The SMILES string of the molecule is Cc1cc(C(=O)N2C[C@@H](C)O[C@@H](C)C2)nc(NN)n1. The molecule has 2 heterocycles. The zero-order valence-electron chi connectivity index (χ0n) is 11.4. The number of nitrogens with one attached hydrogen (secondary N) is 1. The number of ether oxygens (including phenoxy) is 1. The largest absolute Gasteiger partial charge is 0.372 e. The van der Waals surface area contributed by atoms with E-state index in [1.807, 2.05) is 13.8 Å². The summed E-state index contributed by atoms with van der Waals surface area (Å²) in [6.45, 7) is 6.83. The lowest BCUT2D eigenvalue weighted by atomic mass is 10.2. The molecule has 1 aliphatic rings. The van der Waals surface area contributed by atoms with Crippen molar-refractivity contribution in [3.05, 3.63) is 17.5 Å². The number of nitrogen functional groups attached to an aromatic ring is 1. The lowest BCUT2D eigenvalue weighted by molar-refractivity contribution is -0.0587. The molecule has 1 aromatic rings. The third kappa shape index (κ3) is 3.18. The minimum Gasteiger partial charge on any atom is -0.372 e. The number of carbonyl (C=O) groups is 1. The zero-order valence-corrected chi connectivity index (χ0v) is 11.4. The van der Waals surface area contributed by atoms with Crippen LogP contribution in [0.2, 0.25) is 0 Å². The minimum atomic E-state index is -0.121. The summed E-state index contributed by atoms with van der Waals surface area (Å²) >= 11 is 0. The molecule has 1 fully saturated rings. The van der Waals surface area contributed by atoms with Gasteiger partial charge in [0.05, 0.1) is 12.2 Å². The highest BCUT2D eigenvalue weighted by atomic mass is 16.5. The van der Waals surface area contributed by atoms with E-state index >= 15 is 0 Å². The molecule has 19 heavy (non-hydrogen) atoms. The molecule has 1 amide bonds. The fourth-order valence-corrected chi connectivity index (χ4v) is 2.25. The molecule has 3 N–H and O–H groups in total. The molecule has 1 aliphatic heterocycles. The first-order chi connectivity index (χ1) is 8.99. The number of nitrogens with two attached hydrogens (primary N) is 1. The number of anilines is 1. The van der Waals surface area contributed by atoms with Gasteiger partial charge in [0, 0.05) is 18.8 Å². The second-order valence-corrected chi connectivity index (χ2v) is 4.83. The van der Waals surface area contributed by atoms with Crippen LogP contribution >= 0.6 is 0 Å². The van der Waals surface area contributed by atoms with Crippen molar-refractivity contribution in [2.24, 2.45) is 5.84 Å². The number of nitrogens with zero attached hydrogens (tertiary/aromatic N) is 3. The Kier molecular flexibility index (Phi) is 3.96. The first-order valence-corrected chi connectivity index (χ1v) is 6.26. The monoisotopic (exact) mass is 265 g/mol. The van der Waals surface area contributed by atoms with E-state index in [1.54, 1.807) is 17.9 Å². The van der Waals surface area contributed by atoms with Crippen molar-refractivity contribution in [1.82, 2.24) is 14.9 Å². The van der Waals surface area contributed by atoms with Crippen LogP contribution in [0.3, 0.4) is 0 Å². The fraction of sp³-hybridized carbons (Fsp3) is 0.583. The van der Waals surface area contributed by atoms with Crippen molar-refractivity contribution in [2.75, 3.05) is 18.5 Å². The Bertz CT molecular complexity index is 469. The molecule has 1 aromatic heterocycles. The molecule has 2 atom stereocenters. The normalized spacial score (nSPS) is 23.3. The van der Waals surface area contributed by atoms with E-state index < -0.39 is 0 Å². The van der Waals surface area contributed by atoms with E-state index in [1.165, 1.54) is 0 Å². The second-order valence-electron chi connectivity index (χ2n) is 4.83. The molecule has 0 aromatic carbocycles. The number of carbonyl (C=O) groups excluding carboxylic acids is 1. The Hall–Kier alpha value is -1.73. The molecular formula is C12H19N5O2. The molecule has 0 radical (unpaired) electrons. The number of morpholine rings is 1. The lowest BCUT2D eigenvalue weighted by Crippen LogP contribution is -2.48. The van der Waals surface area contributed by atoms with Crippen molar-refractivity contribution in [2.45, 2.75) is 33.0 Å². The first-order valence-electron chi connectivity index (χ1n) is 6.26. The van der Waals surface area contributed by atoms with Crippen LogP contribution in [0.1, 0.15) is 30.0 Å². The molecule has 0 saturated carbocycles. The van der Waals surface area contributed by atoms with Gasteiger partial charge in [-0.15, -0.1) is 0 Å². The number of hydrazine groups is 1. The van der Waals surface area contributed by atoms with Gasteiger partial charge in [-0.2, -0.15) is 0 Å². The van der Waals surface area contributed by atoms with Crippen molar-refractivity contribution < 1.29 is 9.53 Å². The van der Waals surface area contributed by atoms with Crippen LogP contribution in [-0.4, -0.2) is 46.1 Å². The summed E-state index contributed by atoms with van der Waals surface area (Å²) in [5, 5.41) is 0. The van der Waals surface area contributed by atoms with Gasteiger partial charge in [0.1, 0.15) is 5.69 Å². The molecule has 1 saturated heterocycles. The molecule has 0 unspecified atom stereocenters. The average molecular weight is 265 g/mol. The highest BCUT2D eigenvalue weighted by Gasteiger charge is 2.27. The smallest absolute Gasteiger partial charge is 0.272 e. The number of hydrogen-bond donors (Lipinski definition) is 2. The summed E-state index contributed by atoms with van der Waals surface area (Å²) in [6.07, 6.45) is 0.0606. The zero-order chi connectivity index (χ0) is 14.0. The van der Waals surface area contributed by atoms with Gasteiger partial charge in [-0.05, 0) is 26.8 Å². The molecule has 0 aliphatic carbocycles. The van der Waals surface area contributed by atoms with E-state index in [2.05, 4.69) is 15.4 Å². The van der Waals surface area contributed by atoms with Gasteiger partial charge in [0.15, 0.2) is 0 Å². The average Bonchev–Trinajstić information content (AvgIpc) is 2.35. The highest BCUT2D eigenvalue weighted by Crippen LogP contribution is 2.14. The predicted octanol–water partition coefficient (Wildman–Crippen LogP) is 0.320. The third-order valence-electron chi connectivity index (χ3n) is 2.91. The van der Waals surface area contributed by atoms with Crippen LogP contribution in [0.25, 0.3) is 0 Å². The van der Waals surface area contributed by atoms with Gasteiger partial charge in [0.25, 0.3) is 5.91 Å². The summed E-state index contributed by atoms with van der Waals surface area (Å²) in [5.41, 5.74) is 3.41. The maximum atomic E-state index is 12.4. The molecule has 7 nitrogen and oxygen atoms in total. The van der Waals surface area contributed by atoms with E-state index in [4.69, 9.17) is 10.6 Å². The minimum absolute atomic E-state index is 0.0303. The molecule has 7 heteroatoms. The summed E-state index contributed by atoms with van der Waals surface area (Å²) < 4.78 is 5.61. The van der Waals surface area contributed by atoms with Gasteiger partial charge < -0.3 is 9.64 Å². The van der Waals surface area contributed by atoms with Crippen LogP contribution < -0.4 is 11.3 Å². The van der Waals surface area contributed by atoms with Crippen LogP contribution in [0, 0.1) is 6.92 Å². The Balaban J connectivity index is 2.21. The van der Waals surface area contributed by atoms with E-state index in [0.29, 0.717) is 24.5 Å². The first kappa shape index (κ1) is 13.7. The Labute approximate surface area is 112 Å². The lowest BCUT2D eigenvalue weighted by Gasteiger charge is -2.35. The number of aromatic nitrogens is 2. The molecule has 2 rings (SSSR count). The summed E-state index contributed by atoms with van der Waals surface area (Å²) in [6, 6.07) is 1.66. The van der Waals surface area contributed by atoms with Gasteiger partial charge in [-0.1, -0.05) is 0 Å². The quantitative estimate of drug-likeness (QED) is 0.591. The third-order valence-corrected chi connectivity index (χ3v) is 2.91. The standard InChI is InChI=1S/C12H19N5O2/c1-7-4-10(15-12(14-7)16-13)11(18)17-5-8(2)19-9(3)6-17/h4,8-9H,5-6,13H2,1-3H3,(H,14,15,16)/t8-,9+. The fourth-order valence-electron chi connectivity index (χ4n) is 2.25. The van der Waals surface area contributed by atoms with Gasteiger partial charge >= 0.3 is 0 Å². The summed E-state index contributed by atoms with van der Waals surface area (Å²) in [4.78, 5) is 22.3. The summed E-state index contributed by atoms with van der Waals surface area (Å²) in [5.74, 6) is 5.42. The topological polar surface area (TPSA) is 93.4 Å². The second kappa shape index (κ2) is 5.50. The molecular weight excluding hydrogens is 246 g/mol. The van der Waals surface area contributed by atoms with Gasteiger partial charge in [-0.25, -0.2) is 15.8 Å². The molecule has 0 bridgehead atoms. The highest BCUT2D eigenvalue weighted by molar-refractivity contribution is 5.92. The van der Waals surface area contributed by atoms with Crippen molar-refractivity contribution >= 4 is 11.9 Å². The number of rotatable bonds is 2. The summed E-state index contributed by atoms with van der Waals surface area (Å²) in [7, 11) is 0. The van der Waals surface area contributed by atoms with E-state index in [-0.39, 0.29) is 24.1 Å². The Morgan fingerprint density at radius 2 is 2.05 bits per heavy atom. The van der Waals surface area contributed by atoms with Crippen LogP contribution in [0.5, 0.6) is 0 Å². The van der Waals surface area contributed by atoms with Gasteiger partial charge in [0.2, 0.25) is 5.95 Å². The van der Waals surface area contributed by atoms with Crippen molar-refractivity contribution in [1.29, 1.82) is 0 Å². The van der Waals surface area contributed by atoms with Gasteiger partial charge in [-0.3, -0.25) is 10.2 Å². The van der Waals surface area contributed by atoms with Crippen LogP contribution in [-0.2, 0) is 4.74 Å².